The molecule has 8 heteroatoms. The lowest BCUT2D eigenvalue weighted by Gasteiger charge is -2.32. The Labute approximate surface area is 185 Å². The van der Waals surface area contributed by atoms with Gasteiger partial charge in [0, 0.05) is 17.3 Å². The molecule has 5 rings (SSSR count). The summed E-state index contributed by atoms with van der Waals surface area (Å²) >= 11 is 0. The molecule has 2 aromatic heterocycles. The third kappa shape index (κ3) is 4.08. The van der Waals surface area contributed by atoms with Crippen molar-refractivity contribution in [2.24, 2.45) is 10.4 Å². The van der Waals surface area contributed by atoms with Crippen molar-refractivity contribution in [1.29, 1.82) is 5.26 Å². The van der Waals surface area contributed by atoms with Gasteiger partial charge in [-0.05, 0) is 44.7 Å². The van der Waals surface area contributed by atoms with Crippen LogP contribution in [-0.4, -0.2) is 35.5 Å². The summed E-state index contributed by atoms with van der Waals surface area (Å²) in [4.78, 5) is 15.7. The number of H-pyrrole nitrogens is 2. The number of rotatable bonds is 6. The molecular formula is C24H25FN5O2+. The highest BCUT2D eigenvalue weighted by Crippen LogP contribution is 2.41. The van der Waals surface area contributed by atoms with Crippen LogP contribution in [0.2, 0.25) is 0 Å². The zero-order chi connectivity index (χ0) is 22.3. The summed E-state index contributed by atoms with van der Waals surface area (Å²) in [5.74, 6) is 1.16. The van der Waals surface area contributed by atoms with Crippen molar-refractivity contribution in [1.82, 2.24) is 9.97 Å². The van der Waals surface area contributed by atoms with E-state index in [0.29, 0.717) is 17.5 Å². The molecule has 0 amide bonds. The van der Waals surface area contributed by atoms with Crippen molar-refractivity contribution in [3.05, 3.63) is 47.7 Å². The summed E-state index contributed by atoms with van der Waals surface area (Å²) in [6.45, 7) is 4.16. The first-order valence-electron chi connectivity index (χ1n) is 10.8. The van der Waals surface area contributed by atoms with E-state index in [9.17, 15) is 9.65 Å². The summed E-state index contributed by atoms with van der Waals surface area (Å²) in [6, 6.07) is 8.87. The molecule has 0 bridgehead atoms. The number of aromatic nitrogens is 3. The van der Waals surface area contributed by atoms with Crippen molar-refractivity contribution >= 4 is 23.1 Å². The van der Waals surface area contributed by atoms with Gasteiger partial charge in [-0.1, -0.05) is 11.1 Å². The number of nitrogens with one attached hydrogen (secondary N) is 2. The van der Waals surface area contributed by atoms with Gasteiger partial charge in [0.25, 0.3) is 5.82 Å². The van der Waals surface area contributed by atoms with Crippen LogP contribution in [0.25, 0.3) is 11.0 Å². The first-order valence-corrected chi connectivity index (χ1v) is 10.8. The monoisotopic (exact) mass is 434 g/mol. The molecule has 2 N–H and O–H groups in total. The predicted molar refractivity (Wildman–Crippen MR) is 117 cm³/mol. The van der Waals surface area contributed by atoms with Gasteiger partial charge in [0.05, 0.1) is 30.2 Å². The molecule has 2 atom stereocenters. The number of aromatic amines is 2. The quantitative estimate of drug-likeness (QED) is 0.588. The van der Waals surface area contributed by atoms with Crippen LogP contribution >= 0.6 is 0 Å². The van der Waals surface area contributed by atoms with Gasteiger partial charge in [-0.25, -0.2) is 9.37 Å². The molecule has 3 heterocycles. The number of halogens is 1. The largest absolute Gasteiger partial charge is 0.490 e. The maximum Gasteiger partial charge on any atom is 0.272 e. The van der Waals surface area contributed by atoms with Gasteiger partial charge in [-0.2, -0.15) is 5.26 Å². The molecule has 7 nitrogen and oxygen atoms in total. The highest BCUT2D eigenvalue weighted by Gasteiger charge is 2.34. The zero-order valence-electron chi connectivity index (χ0n) is 18.1. The maximum atomic E-state index is 13.8. The minimum atomic E-state index is -0.625. The van der Waals surface area contributed by atoms with Crippen molar-refractivity contribution in [3.8, 4) is 11.8 Å². The Morgan fingerprint density at radius 2 is 2.25 bits per heavy atom. The lowest BCUT2D eigenvalue weighted by atomic mass is 9.91. The minimum absolute atomic E-state index is 0.250. The average molecular weight is 434 g/mol. The Balaban J connectivity index is 1.47. The molecule has 0 radical (unpaired) electrons. The van der Waals surface area contributed by atoms with Crippen LogP contribution in [0.5, 0.6) is 5.75 Å². The molecule has 1 aromatic carbocycles. The van der Waals surface area contributed by atoms with Crippen LogP contribution in [0.4, 0.5) is 10.2 Å². The molecule has 1 aliphatic carbocycles. The van der Waals surface area contributed by atoms with Gasteiger partial charge in [0.15, 0.2) is 0 Å². The molecule has 1 unspecified atom stereocenters. The summed E-state index contributed by atoms with van der Waals surface area (Å²) in [5, 5.41) is 10.3. The smallest absolute Gasteiger partial charge is 0.272 e. The number of hydrogen-bond acceptors (Lipinski definition) is 5. The molecule has 32 heavy (non-hydrogen) atoms. The van der Waals surface area contributed by atoms with E-state index in [1.807, 2.05) is 20.1 Å². The predicted octanol–water partition coefficient (Wildman–Crippen LogP) is 4.21. The molecule has 0 spiro atoms. The van der Waals surface area contributed by atoms with Gasteiger partial charge in [0.1, 0.15) is 29.7 Å². The van der Waals surface area contributed by atoms with Gasteiger partial charge in [0.2, 0.25) is 12.0 Å². The van der Waals surface area contributed by atoms with Crippen LogP contribution in [0.15, 0.2) is 35.6 Å². The molecular weight excluding hydrogens is 409 g/mol. The second-order valence-electron chi connectivity index (χ2n) is 9.15. The van der Waals surface area contributed by atoms with Crippen LogP contribution in [0.3, 0.4) is 0 Å². The number of fused-ring (bicyclic) bond motifs is 2. The van der Waals surface area contributed by atoms with E-state index in [1.165, 1.54) is 30.7 Å². The molecule has 1 aliphatic heterocycles. The van der Waals surface area contributed by atoms with Crippen LogP contribution in [0, 0.1) is 22.6 Å². The Morgan fingerprint density at radius 1 is 1.41 bits per heavy atom. The Kier molecular flexibility index (Phi) is 5.14. The molecule has 0 saturated heterocycles. The zero-order valence-corrected chi connectivity index (χ0v) is 18.1. The highest BCUT2D eigenvalue weighted by atomic mass is 19.1. The number of ether oxygens (including phenoxy) is 2. The van der Waals surface area contributed by atoms with E-state index in [-0.39, 0.29) is 31.1 Å². The van der Waals surface area contributed by atoms with Gasteiger partial charge < -0.3 is 14.5 Å². The fraction of sp³-hybridized carbons (Fsp3) is 0.417. The van der Waals surface area contributed by atoms with Gasteiger partial charge in [-0.3, -0.25) is 0 Å². The standard InChI is InChI=1S/C24H24FN5O2/c1-24(2,11-26)12-32-21-10-31-20-7-15(25)5-6-16(20)18(21)9-27-22-17-8-19(14-3-4-14)30-23(17)29-13-28-22/h5-9,13-14,18,21H,3-4,10,12H2,1-2H3,(H,28,29,30)/p+1/b27-9-/t18?,21-/m0/s1. The van der Waals surface area contributed by atoms with Crippen molar-refractivity contribution in [3.63, 3.8) is 0 Å². The molecule has 3 aromatic rings. The van der Waals surface area contributed by atoms with Crippen LogP contribution < -0.4 is 9.72 Å². The lowest BCUT2D eigenvalue weighted by molar-refractivity contribution is -0.365. The highest BCUT2D eigenvalue weighted by molar-refractivity contribution is 5.87. The molecule has 1 saturated carbocycles. The maximum absolute atomic E-state index is 13.8. The van der Waals surface area contributed by atoms with E-state index < -0.39 is 5.41 Å². The Morgan fingerprint density at radius 3 is 3.03 bits per heavy atom. The Bertz CT molecular complexity index is 1220. The summed E-state index contributed by atoms with van der Waals surface area (Å²) in [7, 11) is 0. The molecule has 164 valence electrons. The normalized spacial score (nSPS) is 20.8. The first-order chi connectivity index (χ1) is 15.4. The first kappa shape index (κ1) is 20.6. The minimum Gasteiger partial charge on any atom is -0.490 e. The SMILES string of the molecule is CC(C)(C#N)CO[C@H]1COc2cc(F)ccc2C1/C=N\c1[nH+]cnc2[nH]c(C3CC3)cc12. The van der Waals surface area contributed by atoms with Crippen LogP contribution in [0.1, 0.15) is 49.8 Å². The van der Waals surface area contributed by atoms with Crippen LogP contribution in [-0.2, 0) is 4.74 Å². The third-order valence-electron chi connectivity index (χ3n) is 5.95. The molecule has 2 aliphatic rings. The average Bonchev–Trinajstić information content (AvgIpc) is 3.54. The Hall–Kier alpha value is -3.31. The fourth-order valence-corrected chi connectivity index (χ4v) is 3.92. The van der Waals surface area contributed by atoms with Crippen molar-refractivity contribution in [2.45, 2.75) is 44.6 Å². The number of hydrogen-bond donors (Lipinski definition) is 1. The second kappa shape index (κ2) is 7.99. The lowest BCUT2D eigenvalue weighted by Crippen LogP contribution is -2.36. The number of nitrogens with zero attached hydrogens (tertiary/aromatic N) is 3. The number of nitriles is 1. The summed E-state index contributed by atoms with van der Waals surface area (Å²) in [6.07, 6.45) is 5.48. The summed E-state index contributed by atoms with van der Waals surface area (Å²) < 4.78 is 25.6. The van der Waals surface area contributed by atoms with E-state index in [0.717, 1.165) is 16.6 Å². The van der Waals surface area contributed by atoms with Gasteiger partial charge in [-0.15, -0.1) is 4.99 Å². The van der Waals surface area contributed by atoms with E-state index >= 15 is 0 Å². The second-order valence-corrected chi connectivity index (χ2v) is 9.15. The number of benzene rings is 1. The topological polar surface area (TPSA) is 97.4 Å². The fourth-order valence-electron chi connectivity index (χ4n) is 3.92. The van der Waals surface area contributed by atoms with E-state index in [2.05, 4.69) is 27.1 Å². The molecule has 1 fully saturated rings. The third-order valence-corrected chi connectivity index (χ3v) is 5.95. The van der Waals surface area contributed by atoms with Crippen molar-refractivity contribution in [2.75, 3.05) is 13.2 Å². The van der Waals surface area contributed by atoms with Crippen molar-refractivity contribution < 1.29 is 18.8 Å². The van der Waals surface area contributed by atoms with E-state index in [4.69, 9.17) is 14.5 Å². The summed E-state index contributed by atoms with van der Waals surface area (Å²) in [5.41, 5.74) is 2.17. The number of aliphatic imine (C=N–C) groups is 1. The van der Waals surface area contributed by atoms with E-state index in [1.54, 1.807) is 12.4 Å². The van der Waals surface area contributed by atoms with Gasteiger partial charge >= 0.3 is 0 Å².